The molecule has 1 aliphatic heterocycles. The average Bonchev–Trinajstić information content (AvgIpc) is 3.13. The van der Waals surface area contributed by atoms with Gasteiger partial charge in [-0.05, 0) is 28.2 Å². The summed E-state index contributed by atoms with van der Waals surface area (Å²) in [5.74, 6) is 0.463. The number of carbonyl (C=O) groups is 1. The van der Waals surface area contributed by atoms with Crippen LogP contribution in [0.2, 0.25) is 0 Å². The van der Waals surface area contributed by atoms with Crippen molar-refractivity contribution in [3.8, 4) is 0 Å². The van der Waals surface area contributed by atoms with Crippen LogP contribution in [-0.4, -0.2) is 18.5 Å². The summed E-state index contributed by atoms with van der Waals surface area (Å²) < 4.78 is 6.07. The minimum Gasteiger partial charge on any atom is -0.369 e. The van der Waals surface area contributed by atoms with Gasteiger partial charge in [-0.1, -0.05) is 74.5 Å². The van der Waals surface area contributed by atoms with Crippen LogP contribution in [-0.2, 0) is 9.53 Å². The number of ketones is 1. The maximum atomic E-state index is 13.3. The molecule has 0 saturated carbocycles. The Morgan fingerprint density at radius 3 is 1.96 bits per heavy atom. The molecule has 0 aromatic heterocycles. The molecule has 1 heterocycles. The number of rotatable bonds is 3. The number of allylic oxidation sites excluding steroid dienone is 2. The summed E-state index contributed by atoms with van der Waals surface area (Å²) in [7, 11) is 0. The fraction of sp³-hybridized carbons (Fsp3) is 0.227. The monoisotopic (exact) mass is 316 g/mol. The van der Waals surface area contributed by atoms with E-state index in [0.29, 0.717) is 12.5 Å². The Labute approximate surface area is 142 Å². The quantitative estimate of drug-likeness (QED) is 0.831. The third-order valence-electron chi connectivity index (χ3n) is 4.77. The Hall–Kier alpha value is -2.45. The number of Topliss-reactive ketones (excluding diaryl/α,β-unsaturated/α-hetero) is 1. The van der Waals surface area contributed by atoms with Crippen LogP contribution in [0.5, 0.6) is 0 Å². The summed E-state index contributed by atoms with van der Waals surface area (Å²) >= 11 is 0. The van der Waals surface area contributed by atoms with Crippen LogP contribution in [0.25, 0.3) is 11.1 Å². The smallest absolute Gasteiger partial charge is 0.194 e. The van der Waals surface area contributed by atoms with Crippen LogP contribution in [0.15, 0.2) is 71.8 Å². The molecular formula is C22H20O2. The zero-order valence-electron chi connectivity index (χ0n) is 14.0. The molecule has 2 heteroatoms. The van der Waals surface area contributed by atoms with Crippen LogP contribution < -0.4 is 0 Å². The van der Waals surface area contributed by atoms with E-state index in [-0.39, 0.29) is 11.9 Å². The van der Waals surface area contributed by atoms with Gasteiger partial charge >= 0.3 is 0 Å². The maximum absolute atomic E-state index is 13.3. The van der Waals surface area contributed by atoms with E-state index in [0.717, 1.165) is 33.4 Å². The first-order valence-electron chi connectivity index (χ1n) is 8.43. The van der Waals surface area contributed by atoms with E-state index >= 15 is 0 Å². The lowest BCUT2D eigenvalue weighted by atomic mass is 9.91. The van der Waals surface area contributed by atoms with Crippen LogP contribution in [0.4, 0.5) is 0 Å². The Kier molecular flexibility index (Phi) is 3.70. The summed E-state index contributed by atoms with van der Waals surface area (Å²) in [4.78, 5) is 13.3. The van der Waals surface area contributed by atoms with Crippen LogP contribution in [0, 0.1) is 5.92 Å². The van der Waals surface area contributed by atoms with Crippen LogP contribution >= 0.6 is 0 Å². The molecule has 0 unspecified atom stereocenters. The van der Waals surface area contributed by atoms with Gasteiger partial charge in [-0.2, -0.15) is 0 Å². The van der Waals surface area contributed by atoms with Crippen molar-refractivity contribution in [2.75, 3.05) is 6.61 Å². The highest BCUT2D eigenvalue weighted by Gasteiger charge is 2.42. The molecule has 2 aliphatic rings. The summed E-state index contributed by atoms with van der Waals surface area (Å²) in [5.41, 5.74) is 5.77. The zero-order valence-corrected chi connectivity index (χ0v) is 14.0. The topological polar surface area (TPSA) is 26.3 Å². The molecule has 1 aliphatic carbocycles. The van der Waals surface area contributed by atoms with E-state index in [1.165, 1.54) is 0 Å². The van der Waals surface area contributed by atoms with Crippen molar-refractivity contribution in [1.29, 1.82) is 0 Å². The highest BCUT2D eigenvalue weighted by atomic mass is 16.5. The molecule has 24 heavy (non-hydrogen) atoms. The summed E-state index contributed by atoms with van der Waals surface area (Å²) in [6, 6.07) is 19.9. The second-order valence-electron chi connectivity index (χ2n) is 6.68. The maximum Gasteiger partial charge on any atom is 0.194 e. The van der Waals surface area contributed by atoms with Crippen molar-refractivity contribution in [1.82, 2.24) is 0 Å². The van der Waals surface area contributed by atoms with Crippen molar-refractivity contribution in [3.63, 3.8) is 0 Å². The third-order valence-corrected chi connectivity index (χ3v) is 4.77. The molecule has 0 bridgehead atoms. The second kappa shape index (κ2) is 5.88. The third kappa shape index (κ3) is 2.26. The van der Waals surface area contributed by atoms with Crippen molar-refractivity contribution < 1.29 is 9.53 Å². The average molecular weight is 316 g/mol. The molecule has 120 valence electrons. The lowest BCUT2D eigenvalue weighted by Crippen LogP contribution is -2.17. The molecule has 4 rings (SSSR count). The Bertz CT molecular complexity index is 842. The van der Waals surface area contributed by atoms with Crippen molar-refractivity contribution >= 4 is 16.9 Å². The first kappa shape index (κ1) is 15.1. The van der Waals surface area contributed by atoms with E-state index in [2.05, 4.69) is 13.8 Å². The van der Waals surface area contributed by atoms with E-state index < -0.39 is 0 Å². The summed E-state index contributed by atoms with van der Waals surface area (Å²) in [5, 5.41) is 0. The highest BCUT2D eigenvalue weighted by molar-refractivity contribution is 6.47. The van der Waals surface area contributed by atoms with E-state index in [9.17, 15) is 4.79 Å². The molecule has 0 spiro atoms. The Balaban J connectivity index is 1.92. The van der Waals surface area contributed by atoms with Gasteiger partial charge in [-0.3, -0.25) is 4.79 Å². The first-order chi connectivity index (χ1) is 11.7. The molecule has 0 N–H and O–H groups in total. The van der Waals surface area contributed by atoms with Crippen molar-refractivity contribution in [2.45, 2.75) is 20.0 Å². The molecule has 2 aromatic carbocycles. The largest absolute Gasteiger partial charge is 0.369 e. The molecule has 0 amide bonds. The SMILES string of the molecule is CC(C)[C@@H]1OCC2=C(c3ccccc3)C(=O)C(c3ccccc3)=C21. The van der Waals surface area contributed by atoms with E-state index in [1.807, 2.05) is 60.7 Å². The fourth-order valence-electron chi connectivity index (χ4n) is 3.72. The Morgan fingerprint density at radius 1 is 0.875 bits per heavy atom. The molecule has 1 atom stereocenters. The zero-order chi connectivity index (χ0) is 16.7. The molecule has 1 fully saturated rings. The van der Waals surface area contributed by atoms with Gasteiger partial charge in [0.25, 0.3) is 0 Å². The standard InChI is InChI=1S/C22H20O2/c1-14(2)22-20-17(13-24-22)18(15-9-5-3-6-10-15)21(23)19(20)16-11-7-4-8-12-16/h3-12,14,22H,13H2,1-2H3/t22-/m0/s1. The number of hydrogen-bond donors (Lipinski definition) is 0. The van der Waals surface area contributed by atoms with Gasteiger partial charge in [0.2, 0.25) is 0 Å². The van der Waals surface area contributed by atoms with Gasteiger partial charge in [0.1, 0.15) is 0 Å². The number of hydrogen-bond acceptors (Lipinski definition) is 2. The molecular weight excluding hydrogens is 296 g/mol. The lowest BCUT2D eigenvalue weighted by molar-refractivity contribution is -0.108. The lowest BCUT2D eigenvalue weighted by Gasteiger charge is -2.17. The highest BCUT2D eigenvalue weighted by Crippen LogP contribution is 2.47. The van der Waals surface area contributed by atoms with Gasteiger partial charge in [0, 0.05) is 11.1 Å². The van der Waals surface area contributed by atoms with Gasteiger partial charge in [-0.15, -0.1) is 0 Å². The van der Waals surface area contributed by atoms with Crippen LogP contribution in [0.1, 0.15) is 25.0 Å². The number of carbonyl (C=O) groups excluding carboxylic acids is 1. The Morgan fingerprint density at radius 2 is 1.42 bits per heavy atom. The van der Waals surface area contributed by atoms with E-state index in [4.69, 9.17) is 4.74 Å². The van der Waals surface area contributed by atoms with Gasteiger partial charge in [0.05, 0.1) is 12.7 Å². The van der Waals surface area contributed by atoms with Gasteiger partial charge in [-0.25, -0.2) is 0 Å². The number of benzene rings is 2. The first-order valence-corrected chi connectivity index (χ1v) is 8.43. The normalized spacial score (nSPS) is 20.3. The molecule has 2 nitrogen and oxygen atoms in total. The summed E-state index contributed by atoms with van der Waals surface area (Å²) in [6.07, 6.45) is -0.0135. The second-order valence-corrected chi connectivity index (χ2v) is 6.68. The summed E-state index contributed by atoms with van der Waals surface area (Å²) in [6.45, 7) is 4.81. The molecule has 2 aromatic rings. The van der Waals surface area contributed by atoms with E-state index in [1.54, 1.807) is 0 Å². The van der Waals surface area contributed by atoms with Crippen molar-refractivity contribution in [2.24, 2.45) is 5.92 Å². The van der Waals surface area contributed by atoms with Crippen LogP contribution in [0.3, 0.4) is 0 Å². The minimum atomic E-state index is -0.0135. The molecule has 1 saturated heterocycles. The predicted molar refractivity (Wildman–Crippen MR) is 96.3 cm³/mol. The molecule has 0 radical (unpaired) electrons. The van der Waals surface area contributed by atoms with Gasteiger partial charge < -0.3 is 4.74 Å². The predicted octanol–water partition coefficient (Wildman–Crippen LogP) is 4.53. The minimum absolute atomic E-state index is 0.0135. The fourth-order valence-corrected chi connectivity index (χ4v) is 3.72. The van der Waals surface area contributed by atoms with Gasteiger partial charge in [0.15, 0.2) is 5.78 Å². The van der Waals surface area contributed by atoms with Crippen molar-refractivity contribution in [3.05, 3.63) is 82.9 Å². The number of fused-ring (bicyclic) bond motifs is 1. The number of ether oxygens (including phenoxy) is 1.